The summed E-state index contributed by atoms with van der Waals surface area (Å²) >= 11 is 0. The predicted octanol–water partition coefficient (Wildman–Crippen LogP) is 1.65. The molecule has 0 aliphatic heterocycles. The van der Waals surface area contributed by atoms with Gasteiger partial charge in [-0.2, -0.15) is 4.98 Å². The van der Waals surface area contributed by atoms with Gasteiger partial charge in [0.1, 0.15) is 0 Å². The van der Waals surface area contributed by atoms with Gasteiger partial charge < -0.3 is 10.1 Å². The van der Waals surface area contributed by atoms with Crippen LogP contribution in [0.15, 0.2) is 10.9 Å². The maximum absolute atomic E-state index is 11.8. The van der Waals surface area contributed by atoms with Crippen LogP contribution in [0.5, 0.6) is 0 Å². The molecule has 0 aromatic carbocycles. The fourth-order valence-electron chi connectivity index (χ4n) is 2.36. The molecule has 0 aliphatic carbocycles. The molecule has 5 nitrogen and oxygen atoms in total. The van der Waals surface area contributed by atoms with Crippen molar-refractivity contribution in [3.8, 4) is 0 Å². The monoisotopic (exact) mass is 281 g/mol. The minimum absolute atomic E-state index is 0.134. The molecule has 1 unspecified atom stereocenters. The number of nitrogens with one attached hydrogen (secondary N) is 1. The van der Waals surface area contributed by atoms with E-state index >= 15 is 0 Å². The van der Waals surface area contributed by atoms with Gasteiger partial charge in [0, 0.05) is 37.6 Å². The Morgan fingerprint density at radius 2 is 2.10 bits per heavy atom. The first-order valence-corrected chi connectivity index (χ1v) is 7.09. The molecular formula is C15H27N3O2. The summed E-state index contributed by atoms with van der Waals surface area (Å²) in [6, 6.07) is 2.26. The van der Waals surface area contributed by atoms with Crippen LogP contribution >= 0.6 is 0 Å². The van der Waals surface area contributed by atoms with Crippen LogP contribution in [0.1, 0.15) is 38.6 Å². The Morgan fingerprint density at radius 3 is 2.65 bits per heavy atom. The van der Waals surface area contributed by atoms with Crippen molar-refractivity contribution in [2.45, 2.75) is 59.2 Å². The van der Waals surface area contributed by atoms with Gasteiger partial charge in [-0.1, -0.05) is 0 Å². The van der Waals surface area contributed by atoms with E-state index in [1.54, 1.807) is 11.7 Å². The van der Waals surface area contributed by atoms with Crippen LogP contribution in [0, 0.1) is 13.8 Å². The second kappa shape index (κ2) is 6.99. The Bertz CT molecular complexity index is 494. The van der Waals surface area contributed by atoms with Crippen molar-refractivity contribution in [2.75, 3.05) is 13.7 Å². The zero-order valence-electron chi connectivity index (χ0n) is 13.5. The van der Waals surface area contributed by atoms with Crippen LogP contribution in [0.25, 0.3) is 0 Å². The Morgan fingerprint density at radius 1 is 1.45 bits per heavy atom. The molecular weight excluding hydrogens is 254 g/mol. The highest BCUT2D eigenvalue weighted by atomic mass is 16.5. The van der Waals surface area contributed by atoms with Crippen molar-refractivity contribution in [3.05, 3.63) is 27.9 Å². The first-order valence-electron chi connectivity index (χ1n) is 7.09. The summed E-state index contributed by atoms with van der Waals surface area (Å²) in [6.45, 7) is 11.4. The minimum atomic E-state index is -0.172. The molecule has 0 radical (unpaired) electrons. The summed E-state index contributed by atoms with van der Waals surface area (Å²) in [5, 5.41) is 3.42. The first-order chi connectivity index (χ1) is 9.25. The molecule has 1 aromatic heterocycles. The fourth-order valence-corrected chi connectivity index (χ4v) is 2.36. The summed E-state index contributed by atoms with van der Waals surface area (Å²) in [4.78, 5) is 15.8. The Kier molecular flexibility index (Phi) is 5.89. The van der Waals surface area contributed by atoms with Crippen LogP contribution < -0.4 is 11.0 Å². The molecule has 20 heavy (non-hydrogen) atoms. The van der Waals surface area contributed by atoms with Crippen molar-refractivity contribution in [1.82, 2.24) is 14.9 Å². The quantitative estimate of drug-likeness (QED) is 0.826. The third-order valence-electron chi connectivity index (χ3n) is 3.52. The number of ether oxygens (including phenoxy) is 1. The molecule has 1 rings (SSSR count). The number of methoxy groups -OCH3 is 1. The first kappa shape index (κ1) is 16.9. The predicted molar refractivity (Wildman–Crippen MR) is 81.1 cm³/mol. The van der Waals surface area contributed by atoms with Gasteiger partial charge in [-0.15, -0.1) is 0 Å². The smallest absolute Gasteiger partial charge is 0.347 e. The highest BCUT2D eigenvalue weighted by Gasteiger charge is 2.19. The molecule has 1 aromatic rings. The van der Waals surface area contributed by atoms with Crippen LogP contribution in [0.4, 0.5) is 0 Å². The summed E-state index contributed by atoms with van der Waals surface area (Å²) in [5.74, 6) is 0. The fraction of sp³-hybridized carbons (Fsp3) is 0.733. The molecule has 0 saturated heterocycles. The van der Waals surface area contributed by atoms with Gasteiger partial charge in [0.05, 0.1) is 5.60 Å². The maximum atomic E-state index is 11.8. The zero-order valence-corrected chi connectivity index (χ0v) is 13.5. The average Bonchev–Trinajstić information content (AvgIpc) is 2.32. The topological polar surface area (TPSA) is 56.1 Å². The van der Waals surface area contributed by atoms with Crippen molar-refractivity contribution >= 4 is 0 Å². The van der Waals surface area contributed by atoms with Crippen molar-refractivity contribution in [2.24, 2.45) is 0 Å². The van der Waals surface area contributed by atoms with E-state index in [9.17, 15) is 4.79 Å². The lowest BCUT2D eigenvalue weighted by molar-refractivity contribution is 0.00855. The molecule has 0 saturated carbocycles. The summed E-state index contributed by atoms with van der Waals surface area (Å²) in [7, 11) is 1.73. The minimum Gasteiger partial charge on any atom is -0.379 e. The second-order valence-electron chi connectivity index (χ2n) is 6.00. The van der Waals surface area contributed by atoms with Crippen molar-refractivity contribution in [1.29, 1.82) is 0 Å². The Labute approximate surface area is 121 Å². The third-order valence-corrected chi connectivity index (χ3v) is 3.52. The van der Waals surface area contributed by atoms with Gasteiger partial charge in [0.2, 0.25) is 0 Å². The molecule has 0 bridgehead atoms. The number of hydrogen-bond acceptors (Lipinski definition) is 4. The zero-order chi connectivity index (χ0) is 15.3. The number of aromatic nitrogens is 2. The van der Waals surface area contributed by atoms with Gasteiger partial charge in [-0.25, -0.2) is 4.79 Å². The molecule has 0 aliphatic rings. The van der Waals surface area contributed by atoms with Crippen LogP contribution in [-0.2, 0) is 11.3 Å². The van der Waals surface area contributed by atoms with Crippen molar-refractivity contribution < 1.29 is 4.74 Å². The van der Waals surface area contributed by atoms with E-state index < -0.39 is 0 Å². The number of rotatable bonds is 7. The SMILES string of the molecule is COC(C)(C)CC(C)NCCn1c(C)cc(C)nc1=O. The summed E-state index contributed by atoms with van der Waals surface area (Å²) in [5.41, 5.74) is 1.42. The largest absolute Gasteiger partial charge is 0.379 e. The highest BCUT2D eigenvalue weighted by molar-refractivity contribution is 5.06. The molecule has 0 amide bonds. The van der Waals surface area contributed by atoms with E-state index in [0.29, 0.717) is 12.6 Å². The van der Waals surface area contributed by atoms with E-state index in [2.05, 4.69) is 31.1 Å². The van der Waals surface area contributed by atoms with E-state index in [1.165, 1.54) is 0 Å². The molecule has 1 N–H and O–H groups in total. The van der Waals surface area contributed by atoms with Gasteiger partial charge >= 0.3 is 5.69 Å². The third kappa shape index (κ3) is 5.06. The molecule has 1 heterocycles. The lowest BCUT2D eigenvalue weighted by Gasteiger charge is -2.27. The highest BCUT2D eigenvalue weighted by Crippen LogP contribution is 2.15. The Hall–Kier alpha value is -1.20. The number of nitrogens with zero attached hydrogens (tertiary/aromatic N) is 2. The summed E-state index contributed by atoms with van der Waals surface area (Å²) < 4.78 is 7.12. The number of aryl methyl sites for hydroxylation is 2. The summed E-state index contributed by atoms with van der Waals surface area (Å²) in [6.07, 6.45) is 0.920. The normalized spacial score (nSPS) is 13.5. The van der Waals surface area contributed by atoms with E-state index in [-0.39, 0.29) is 11.3 Å². The molecule has 0 spiro atoms. The standard InChI is InChI=1S/C15H27N3O2/c1-11-9-13(3)18(14(19)17-11)8-7-16-12(2)10-15(4,5)20-6/h9,12,16H,7-8,10H2,1-6H3. The van der Waals surface area contributed by atoms with Crippen LogP contribution in [-0.4, -0.2) is 34.8 Å². The molecule has 0 fully saturated rings. The van der Waals surface area contributed by atoms with Gasteiger partial charge in [-0.05, 0) is 47.1 Å². The van der Waals surface area contributed by atoms with Crippen molar-refractivity contribution in [3.63, 3.8) is 0 Å². The van der Waals surface area contributed by atoms with Gasteiger partial charge in [0.25, 0.3) is 0 Å². The Balaban J connectivity index is 2.51. The molecule has 1 atom stereocenters. The lowest BCUT2D eigenvalue weighted by atomic mass is 10.00. The lowest BCUT2D eigenvalue weighted by Crippen LogP contribution is -2.38. The van der Waals surface area contributed by atoms with E-state index in [0.717, 1.165) is 24.4 Å². The van der Waals surface area contributed by atoms with Crippen LogP contribution in [0.3, 0.4) is 0 Å². The molecule has 5 heteroatoms. The second-order valence-corrected chi connectivity index (χ2v) is 6.00. The number of hydrogen-bond donors (Lipinski definition) is 1. The van der Waals surface area contributed by atoms with E-state index in [4.69, 9.17) is 4.74 Å². The average molecular weight is 281 g/mol. The van der Waals surface area contributed by atoms with Gasteiger partial charge in [-0.3, -0.25) is 4.57 Å². The maximum Gasteiger partial charge on any atom is 0.347 e. The van der Waals surface area contributed by atoms with Gasteiger partial charge in [0.15, 0.2) is 0 Å². The van der Waals surface area contributed by atoms with E-state index in [1.807, 2.05) is 19.9 Å². The molecule has 114 valence electrons. The van der Waals surface area contributed by atoms with Crippen LogP contribution in [0.2, 0.25) is 0 Å².